The van der Waals surface area contributed by atoms with Crippen molar-refractivity contribution in [2.75, 3.05) is 10.6 Å². The highest BCUT2D eigenvalue weighted by Gasteiger charge is 2.06. The molecule has 0 atom stereocenters. The van der Waals surface area contributed by atoms with Crippen molar-refractivity contribution in [2.45, 2.75) is 13.5 Å². The lowest BCUT2D eigenvalue weighted by Crippen LogP contribution is -2.18. The molecular formula is C18H15Cl3N4S. The second-order valence-electron chi connectivity index (χ2n) is 5.71. The number of hydrogen-bond donors (Lipinski definition) is 2. The fourth-order valence-corrected chi connectivity index (χ4v) is 3.19. The fourth-order valence-electron chi connectivity index (χ4n) is 2.30. The number of thiocarbonyl (C=S) groups is 1. The van der Waals surface area contributed by atoms with Crippen molar-refractivity contribution in [3.63, 3.8) is 0 Å². The van der Waals surface area contributed by atoms with Gasteiger partial charge in [-0.3, -0.25) is 4.68 Å². The molecule has 3 rings (SSSR count). The highest BCUT2D eigenvalue weighted by atomic mass is 35.5. The van der Waals surface area contributed by atoms with Gasteiger partial charge in [-0.1, -0.05) is 46.9 Å². The van der Waals surface area contributed by atoms with Gasteiger partial charge in [0.1, 0.15) is 0 Å². The maximum absolute atomic E-state index is 6.20. The SMILES string of the molecule is Cc1ccc(NC(=S)Nc2cnn(Cc3ccc(Cl)cc3Cl)c2)cc1Cl. The summed E-state index contributed by atoms with van der Waals surface area (Å²) in [5, 5.41) is 12.9. The molecule has 26 heavy (non-hydrogen) atoms. The molecule has 0 bridgehead atoms. The van der Waals surface area contributed by atoms with E-state index in [9.17, 15) is 0 Å². The van der Waals surface area contributed by atoms with Crippen LogP contribution in [0, 0.1) is 6.92 Å². The zero-order valence-electron chi connectivity index (χ0n) is 13.8. The van der Waals surface area contributed by atoms with Crippen LogP contribution in [0.1, 0.15) is 11.1 Å². The van der Waals surface area contributed by atoms with Crippen molar-refractivity contribution in [1.82, 2.24) is 9.78 Å². The lowest BCUT2D eigenvalue weighted by molar-refractivity contribution is 0.687. The molecule has 8 heteroatoms. The van der Waals surface area contributed by atoms with Crippen molar-refractivity contribution >= 4 is 63.5 Å². The predicted molar refractivity (Wildman–Crippen MR) is 114 cm³/mol. The van der Waals surface area contributed by atoms with Crippen molar-refractivity contribution in [3.05, 3.63) is 75.0 Å². The number of benzene rings is 2. The van der Waals surface area contributed by atoms with Gasteiger partial charge in [0.25, 0.3) is 0 Å². The minimum absolute atomic E-state index is 0.453. The first-order chi connectivity index (χ1) is 12.4. The number of aromatic nitrogens is 2. The van der Waals surface area contributed by atoms with Crippen LogP contribution in [0.2, 0.25) is 15.1 Å². The molecule has 0 aliphatic heterocycles. The Morgan fingerprint density at radius 3 is 2.54 bits per heavy atom. The Hall–Kier alpha value is -1.79. The van der Waals surface area contributed by atoms with Crippen LogP contribution < -0.4 is 10.6 Å². The van der Waals surface area contributed by atoms with Crippen LogP contribution in [0.15, 0.2) is 48.8 Å². The first-order valence-electron chi connectivity index (χ1n) is 7.71. The minimum Gasteiger partial charge on any atom is -0.332 e. The van der Waals surface area contributed by atoms with Gasteiger partial charge in [0.2, 0.25) is 0 Å². The van der Waals surface area contributed by atoms with E-state index in [0.29, 0.717) is 26.7 Å². The first kappa shape index (κ1) is 19.0. The Balaban J connectivity index is 1.62. The molecule has 1 heterocycles. The van der Waals surface area contributed by atoms with Crippen LogP contribution in [0.4, 0.5) is 11.4 Å². The van der Waals surface area contributed by atoms with Crippen molar-refractivity contribution < 1.29 is 0 Å². The predicted octanol–water partition coefficient (Wildman–Crippen LogP) is 6.01. The van der Waals surface area contributed by atoms with Gasteiger partial charge in [0.05, 0.1) is 18.4 Å². The molecule has 0 amide bonds. The number of anilines is 2. The normalized spacial score (nSPS) is 10.6. The Morgan fingerprint density at radius 2 is 1.81 bits per heavy atom. The van der Waals surface area contributed by atoms with Crippen molar-refractivity contribution in [3.8, 4) is 0 Å². The van der Waals surface area contributed by atoms with Crippen molar-refractivity contribution in [1.29, 1.82) is 0 Å². The molecule has 0 saturated heterocycles. The minimum atomic E-state index is 0.453. The number of nitrogens with zero attached hydrogens (tertiary/aromatic N) is 2. The van der Waals surface area contributed by atoms with E-state index in [1.165, 1.54) is 0 Å². The summed E-state index contributed by atoms with van der Waals surface area (Å²) in [6.07, 6.45) is 3.54. The summed E-state index contributed by atoms with van der Waals surface area (Å²) < 4.78 is 1.77. The fraction of sp³-hybridized carbons (Fsp3) is 0.111. The van der Waals surface area contributed by atoms with Gasteiger partial charge in [0.15, 0.2) is 5.11 Å². The van der Waals surface area contributed by atoms with Crippen LogP contribution in [-0.2, 0) is 6.54 Å². The summed E-state index contributed by atoms with van der Waals surface area (Å²) in [7, 11) is 0. The molecule has 134 valence electrons. The Morgan fingerprint density at radius 1 is 1.04 bits per heavy atom. The number of hydrogen-bond acceptors (Lipinski definition) is 2. The van der Waals surface area contributed by atoms with E-state index in [2.05, 4.69) is 15.7 Å². The monoisotopic (exact) mass is 424 g/mol. The Bertz CT molecular complexity index is 955. The molecule has 2 aromatic carbocycles. The zero-order valence-corrected chi connectivity index (χ0v) is 16.8. The highest BCUT2D eigenvalue weighted by molar-refractivity contribution is 7.80. The topological polar surface area (TPSA) is 41.9 Å². The maximum atomic E-state index is 6.20. The van der Waals surface area contributed by atoms with E-state index in [-0.39, 0.29) is 0 Å². The standard InChI is InChI=1S/C18H15Cl3N4S/c1-11-2-5-14(7-16(11)20)23-18(26)24-15-8-22-25(10-15)9-12-3-4-13(19)6-17(12)21/h2-8,10H,9H2,1H3,(H2,23,24,26). The van der Waals surface area contributed by atoms with Crippen molar-refractivity contribution in [2.24, 2.45) is 0 Å². The van der Waals surface area contributed by atoms with Gasteiger partial charge in [0, 0.05) is 27.0 Å². The van der Waals surface area contributed by atoms with E-state index in [1.54, 1.807) is 23.0 Å². The van der Waals surface area contributed by atoms with E-state index in [1.807, 2.05) is 37.4 Å². The second-order valence-corrected chi connectivity index (χ2v) is 7.36. The molecule has 0 saturated carbocycles. The quantitative estimate of drug-likeness (QED) is 0.502. The molecule has 0 spiro atoms. The van der Waals surface area contributed by atoms with Gasteiger partial charge in [-0.15, -0.1) is 0 Å². The molecule has 0 aliphatic rings. The summed E-state index contributed by atoms with van der Waals surface area (Å²) >= 11 is 23.6. The second kappa shape index (κ2) is 8.27. The maximum Gasteiger partial charge on any atom is 0.175 e. The molecule has 3 aromatic rings. The largest absolute Gasteiger partial charge is 0.332 e. The Labute approximate surface area is 172 Å². The molecule has 0 fully saturated rings. The lowest BCUT2D eigenvalue weighted by Gasteiger charge is -2.10. The van der Waals surface area contributed by atoms with E-state index in [4.69, 9.17) is 47.0 Å². The molecule has 0 aliphatic carbocycles. The molecule has 2 N–H and O–H groups in total. The van der Waals surface area contributed by atoms with Crippen LogP contribution in [0.3, 0.4) is 0 Å². The van der Waals surface area contributed by atoms with E-state index in [0.717, 1.165) is 22.5 Å². The smallest absolute Gasteiger partial charge is 0.175 e. The molecule has 1 aromatic heterocycles. The van der Waals surface area contributed by atoms with Gasteiger partial charge in [-0.2, -0.15) is 5.10 Å². The van der Waals surface area contributed by atoms with Crippen LogP contribution in [0.25, 0.3) is 0 Å². The third-order valence-electron chi connectivity index (χ3n) is 3.67. The zero-order chi connectivity index (χ0) is 18.7. The van der Waals surface area contributed by atoms with Gasteiger partial charge in [-0.05, 0) is 54.5 Å². The molecule has 0 unspecified atom stereocenters. The Kier molecular flexibility index (Phi) is 6.04. The van der Waals surface area contributed by atoms with E-state index >= 15 is 0 Å². The molecule has 0 radical (unpaired) electrons. The van der Waals surface area contributed by atoms with Gasteiger partial charge in [-0.25, -0.2) is 0 Å². The number of halogens is 3. The number of aryl methyl sites for hydroxylation is 1. The summed E-state index contributed by atoms with van der Waals surface area (Å²) in [5.41, 5.74) is 3.53. The summed E-state index contributed by atoms with van der Waals surface area (Å²) in [6, 6.07) is 11.1. The average molecular weight is 426 g/mol. The van der Waals surface area contributed by atoms with Crippen LogP contribution in [-0.4, -0.2) is 14.9 Å². The average Bonchev–Trinajstić information content (AvgIpc) is 3.00. The lowest BCUT2D eigenvalue weighted by atomic mass is 10.2. The number of nitrogens with one attached hydrogen (secondary N) is 2. The molecular weight excluding hydrogens is 411 g/mol. The summed E-state index contributed by atoms with van der Waals surface area (Å²) in [4.78, 5) is 0. The molecule has 4 nitrogen and oxygen atoms in total. The van der Waals surface area contributed by atoms with Gasteiger partial charge >= 0.3 is 0 Å². The van der Waals surface area contributed by atoms with Crippen LogP contribution in [0.5, 0.6) is 0 Å². The number of rotatable bonds is 4. The van der Waals surface area contributed by atoms with E-state index < -0.39 is 0 Å². The summed E-state index contributed by atoms with van der Waals surface area (Å²) in [6.45, 7) is 2.48. The third kappa shape index (κ3) is 4.89. The van der Waals surface area contributed by atoms with Crippen LogP contribution >= 0.6 is 47.0 Å². The van der Waals surface area contributed by atoms with Gasteiger partial charge < -0.3 is 10.6 Å². The summed E-state index contributed by atoms with van der Waals surface area (Å²) in [5.74, 6) is 0. The highest BCUT2D eigenvalue weighted by Crippen LogP contribution is 2.22. The first-order valence-corrected chi connectivity index (χ1v) is 9.25. The third-order valence-corrected chi connectivity index (χ3v) is 4.87.